The SMILES string of the molecule is CN1C(=O)C(CN)N(Cc2cccnc2)CC1(C)C. The highest BCUT2D eigenvalue weighted by atomic mass is 16.2. The Morgan fingerprint density at radius 2 is 2.26 bits per heavy atom. The van der Waals surface area contributed by atoms with Crippen molar-refractivity contribution in [1.82, 2.24) is 14.8 Å². The maximum Gasteiger partial charge on any atom is 0.241 e. The fourth-order valence-electron chi connectivity index (χ4n) is 2.53. The normalized spacial score (nSPS) is 23.7. The second-order valence-corrected chi connectivity index (χ2v) is 5.73. The first-order valence-electron chi connectivity index (χ1n) is 6.56. The van der Waals surface area contributed by atoms with Gasteiger partial charge in [-0.25, -0.2) is 0 Å². The number of hydrogen-bond acceptors (Lipinski definition) is 4. The van der Waals surface area contributed by atoms with E-state index in [4.69, 9.17) is 5.73 Å². The van der Waals surface area contributed by atoms with Crippen molar-refractivity contribution >= 4 is 5.91 Å². The molecule has 5 heteroatoms. The average Bonchev–Trinajstić information content (AvgIpc) is 2.37. The molecule has 1 fully saturated rings. The van der Waals surface area contributed by atoms with E-state index >= 15 is 0 Å². The first-order valence-corrected chi connectivity index (χ1v) is 6.56. The molecule has 1 atom stereocenters. The summed E-state index contributed by atoms with van der Waals surface area (Å²) in [5.41, 5.74) is 6.71. The van der Waals surface area contributed by atoms with Gasteiger partial charge in [0, 0.05) is 44.6 Å². The fraction of sp³-hybridized carbons (Fsp3) is 0.571. The lowest BCUT2D eigenvalue weighted by molar-refractivity contribution is -0.149. The van der Waals surface area contributed by atoms with E-state index in [1.165, 1.54) is 0 Å². The number of likely N-dealkylation sites (N-methyl/N-ethyl adjacent to an activating group) is 1. The van der Waals surface area contributed by atoms with Gasteiger partial charge in [0.05, 0.1) is 0 Å². The third kappa shape index (κ3) is 2.77. The van der Waals surface area contributed by atoms with Crippen molar-refractivity contribution in [2.24, 2.45) is 5.73 Å². The molecule has 0 saturated carbocycles. The minimum Gasteiger partial charge on any atom is -0.338 e. The molecule has 1 aromatic rings. The summed E-state index contributed by atoms with van der Waals surface area (Å²) in [6.45, 7) is 6.02. The van der Waals surface area contributed by atoms with Gasteiger partial charge in [0.25, 0.3) is 0 Å². The standard InChI is InChI=1S/C14H22N4O/c1-14(2)10-18(9-11-5-4-6-16-8-11)12(7-15)13(19)17(14)3/h4-6,8,12H,7,9-10,15H2,1-3H3. The molecule has 1 unspecified atom stereocenters. The van der Waals surface area contributed by atoms with Gasteiger partial charge in [-0.2, -0.15) is 0 Å². The van der Waals surface area contributed by atoms with Crippen molar-refractivity contribution in [3.63, 3.8) is 0 Å². The topological polar surface area (TPSA) is 62.5 Å². The summed E-state index contributed by atoms with van der Waals surface area (Å²) in [4.78, 5) is 20.4. The van der Waals surface area contributed by atoms with E-state index in [-0.39, 0.29) is 17.5 Å². The lowest BCUT2D eigenvalue weighted by Crippen LogP contribution is -2.66. The highest BCUT2D eigenvalue weighted by Gasteiger charge is 2.41. The largest absolute Gasteiger partial charge is 0.338 e. The Labute approximate surface area is 114 Å². The molecule has 1 saturated heterocycles. The molecule has 2 rings (SSSR count). The second-order valence-electron chi connectivity index (χ2n) is 5.73. The van der Waals surface area contributed by atoms with Crippen LogP contribution < -0.4 is 5.73 Å². The van der Waals surface area contributed by atoms with Gasteiger partial charge in [-0.1, -0.05) is 6.07 Å². The molecule has 2 N–H and O–H groups in total. The van der Waals surface area contributed by atoms with Crippen LogP contribution >= 0.6 is 0 Å². The van der Waals surface area contributed by atoms with Crippen molar-refractivity contribution in [3.8, 4) is 0 Å². The van der Waals surface area contributed by atoms with E-state index in [0.29, 0.717) is 13.1 Å². The van der Waals surface area contributed by atoms with Gasteiger partial charge in [0.2, 0.25) is 5.91 Å². The molecule has 0 spiro atoms. The molecule has 1 aliphatic heterocycles. The van der Waals surface area contributed by atoms with E-state index in [9.17, 15) is 4.79 Å². The zero-order valence-electron chi connectivity index (χ0n) is 11.8. The second kappa shape index (κ2) is 5.27. The molecule has 1 aromatic heterocycles. The number of aromatic nitrogens is 1. The number of carbonyl (C=O) groups is 1. The lowest BCUT2D eigenvalue weighted by Gasteiger charge is -2.48. The number of hydrogen-bond donors (Lipinski definition) is 1. The zero-order chi connectivity index (χ0) is 14.0. The van der Waals surface area contributed by atoms with Crippen LogP contribution in [0.5, 0.6) is 0 Å². The summed E-state index contributed by atoms with van der Waals surface area (Å²) in [6, 6.07) is 3.70. The van der Waals surface area contributed by atoms with Crippen LogP contribution in [0.2, 0.25) is 0 Å². The Balaban J connectivity index is 2.20. The first kappa shape index (κ1) is 14.0. The van der Waals surface area contributed by atoms with Crippen LogP contribution in [0, 0.1) is 0 Å². The van der Waals surface area contributed by atoms with E-state index in [1.54, 1.807) is 6.20 Å². The molecule has 1 aliphatic rings. The van der Waals surface area contributed by atoms with Crippen LogP contribution in [0.3, 0.4) is 0 Å². The van der Waals surface area contributed by atoms with Gasteiger partial charge >= 0.3 is 0 Å². The Morgan fingerprint density at radius 1 is 1.53 bits per heavy atom. The predicted molar refractivity (Wildman–Crippen MR) is 74.3 cm³/mol. The third-order valence-electron chi connectivity index (χ3n) is 3.89. The molecule has 0 aromatic carbocycles. The summed E-state index contributed by atoms with van der Waals surface area (Å²) in [5.74, 6) is 0.0997. The zero-order valence-corrected chi connectivity index (χ0v) is 11.8. The number of nitrogens with zero attached hydrogens (tertiary/aromatic N) is 3. The summed E-state index contributed by atoms with van der Waals surface area (Å²) >= 11 is 0. The van der Waals surface area contributed by atoms with Crippen molar-refractivity contribution in [2.45, 2.75) is 32.0 Å². The molecule has 2 heterocycles. The maximum atomic E-state index is 12.4. The Hall–Kier alpha value is -1.46. The van der Waals surface area contributed by atoms with E-state index in [0.717, 1.165) is 12.1 Å². The Kier molecular flexibility index (Phi) is 3.87. The fourth-order valence-corrected chi connectivity index (χ4v) is 2.53. The molecule has 104 valence electrons. The smallest absolute Gasteiger partial charge is 0.241 e. The molecule has 0 aliphatic carbocycles. The maximum absolute atomic E-state index is 12.4. The predicted octanol–water partition coefficient (Wildman–Crippen LogP) is 0.462. The monoisotopic (exact) mass is 262 g/mol. The summed E-state index contributed by atoms with van der Waals surface area (Å²) in [6.07, 6.45) is 3.59. The molecule has 0 radical (unpaired) electrons. The quantitative estimate of drug-likeness (QED) is 0.859. The number of carbonyl (C=O) groups excluding carboxylic acids is 1. The molecule has 1 amide bonds. The van der Waals surface area contributed by atoms with Crippen molar-refractivity contribution in [2.75, 3.05) is 20.1 Å². The number of amides is 1. The van der Waals surface area contributed by atoms with Crippen LogP contribution in [0.1, 0.15) is 19.4 Å². The van der Waals surface area contributed by atoms with Crippen molar-refractivity contribution < 1.29 is 4.79 Å². The molecular formula is C14H22N4O. The lowest BCUT2D eigenvalue weighted by atomic mass is 9.95. The highest BCUT2D eigenvalue weighted by Crippen LogP contribution is 2.24. The van der Waals surface area contributed by atoms with Crippen LogP contribution in [-0.2, 0) is 11.3 Å². The van der Waals surface area contributed by atoms with Crippen LogP contribution in [-0.4, -0.2) is 52.4 Å². The van der Waals surface area contributed by atoms with Gasteiger partial charge in [-0.3, -0.25) is 14.7 Å². The van der Waals surface area contributed by atoms with Gasteiger partial charge < -0.3 is 10.6 Å². The third-order valence-corrected chi connectivity index (χ3v) is 3.89. The average molecular weight is 262 g/mol. The molecule has 5 nitrogen and oxygen atoms in total. The van der Waals surface area contributed by atoms with Gasteiger partial charge in [-0.15, -0.1) is 0 Å². The highest BCUT2D eigenvalue weighted by molar-refractivity contribution is 5.83. The first-order chi connectivity index (χ1) is 8.95. The summed E-state index contributed by atoms with van der Waals surface area (Å²) in [7, 11) is 1.85. The number of pyridine rings is 1. The van der Waals surface area contributed by atoms with Gasteiger partial charge in [0.15, 0.2) is 0 Å². The molecular weight excluding hydrogens is 240 g/mol. The van der Waals surface area contributed by atoms with Crippen molar-refractivity contribution in [1.29, 1.82) is 0 Å². The van der Waals surface area contributed by atoms with Crippen LogP contribution in [0.25, 0.3) is 0 Å². The van der Waals surface area contributed by atoms with E-state index in [1.807, 2.05) is 30.3 Å². The minimum atomic E-state index is -0.238. The Morgan fingerprint density at radius 3 is 2.84 bits per heavy atom. The van der Waals surface area contributed by atoms with E-state index in [2.05, 4.69) is 23.7 Å². The van der Waals surface area contributed by atoms with Crippen LogP contribution in [0.4, 0.5) is 0 Å². The van der Waals surface area contributed by atoms with Gasteiger partial charge in [0.1, 0.15) is 6.04 Å². The number of nitrogens with two attached hydrogens (primary N) is 1. The summed E-state index contributed by atoms with van der Waals surface area (Å²) in [5, 5.41) is 0. The number of piperazine rings is 1. The molecule has 19 heavy (non-hydrogen) atoms. The Bertz CT molecular complexity index is 446. The van der Waals surface area contributed by atoms with E-state index < -0.39 is 0 Å². The van der Waals surface area contributed by atoms with Crippen LogP contribution in [0.15, 0.2) is 24.5 Å². The minimum absolute atomic E-state index is 0.0997. The number of rotatable bonds is 3. The van der Waals surface area contributed by atoms with Crippen molar-refractivity contribution in [3.05, 3.63) is 30.1 Å². The summed E-state index contributed by atoms with van der Waals surface area (Å²) < 4.78 is 0. The van der Waals surface area contributed by atoms with Gasteiger partial charge in [-0.05, 0) is 25.5 Å². The molecule has 0 bridgehead atoms.